The molecule has 2 fully saturated rings. The van der Waals surface area contributed by atoms with E-state index < -0.39 is 0 Å². The van der Waals surface area contributed by atoms with Gasteiger partial charge in [-0.3, -0.25) is 9.88 Å². The first-order valence-corrected chi connectivity index (χ1v) is 12.0. The van der Waals surface area contributed by atoms with Crippen molar-refractivity contribution in [3.8, 4) is 0 Å². The smallest absolute Gasteiger partial charge is 0.129 e. The number of hydrogen-bond donors (Lipinski definition) is 0. The largest absolute Gasteiger partial charge is 0.355 e. The molecule has 0 spiro atoms. The van der Waals surface area contributed by atoms with Crippen LogP contribution in [0, 0.1) is 0 Å². The molecule has 3 aliphatic rings. The summed E-state index contributed by atoms with van der Waals surface area (Å²) >= 11 is 0. The minimum absolute atomic E-state index is 0.677. The molecule has 31 heavy (non-hydrogen) atoms. The van der Waals surface area contributed by atoms with Crippen LogP contribution < -0.4 is 4.90 Å². The molecule has 2 aliphatic heterocycles. The van der Waals surface area contributed by atoms with E-state index >= 15 is 0 Å². The van der Waals surface area contributed by atoms with Crippen LogP contribution in [0.3, 0.4) is 0 Å². The number of fused-ring (bicyclic) bond motifs is 1. The zero-order valence-electron chi connectivity index (χ0n) is 19.0. The number of anilines is 1. The normalized spacial score (nSPS) is 21.3. The van der Waals surface area contributed by atoms with E-state index in [1.165, 1.54) is 55.7 Å². The SMILES string of the molecule is CC(C)N1CCC(N2CCCN(c3cccc(C4=CCc5ncccc54)n3)CC2)CC1. The minimum atomic E-state index is 0.677. The van der Waals surface area contributed by atoms with Gasteiger partial charge in [-0.2, -0.15) is 0 Å². The third-order valence-corrected chi connectivity index (χ3v) is 7.29. The number of rotatable bonds is 4. The molecule has 5 rings (SSSR count). The van der Waals surface area contributed by atoms with Crippen LogP contribution in [0.4, 0.5) is 5.82 Å². The fourth-order valence-corrected chi connectivity index (χ4v) is 5.45. The van der Waals surface area contributed by atoms with Crippen LogP contribution in [0.5, 0.6) is 0 Å². The number of pyridine rings is 2. The van der Waals surface area contributed by atoms with Gasteiger partial charge in [-0.05, 0) is 64.4 Å². The monoisotopic (exact) mass is 417 g/mol. The molecule has 0 aromatic carbocycles. The maximum atomic E-state index is 5.09. The highest BCUT2D eigenvalue weighted by atomic mass is 15.3. The highest BCUT2D eigenvalue weighted by molar-refractivity contribution is 5.82. The van der Waals surface area contributed by atoms with E-state index in [2.05, 4.69) is 63.9 Å². The van der Waals surface area contributed by atoms with E-state index in [0.717, 1.165) is 43.6 Å². The Hall–Kier alpha value is -2.24. The molecular weight excluding hydrogens is 382 g/mol. The summed E-state index contributed by atoms with van der Waals surface area (Å²) in [6.07, 6.45) is 8.91. The first-order chi connectivity index (χ1) is 15.2. The topological polar surface area (TPSA) is 35.5 Å². The Balaban J connectivity index is 1.25. The quantitative estimate of drug-likeness (QED) is 0.755. The van der Waals surface area contributed by atoms with Crippen molar-refractivity contribution in [2.75, 3.05) is 44.2 Å². The van der Waals surface area contributed by atoms with Crippen LogP contribution in [0.25, 0.3) is 5.57 Å². The first kappa shape index (κ1) is 20.7. The predicted molar refractivity (Wildman–Crippen MR) is 127 cm³/mol. The third-order valence-electron chi connectivity index (χ3n) is 7.29. The number of aromatic nitrogens is 2. The second-order valence-corrected chi connectivity index (χ2v) is 9.44. The van der Waals surface area contributed by atoms with Crippen molar-refractivity contribution < 1.29 is 0 Å². The third kappa shape index (κ3) is 4.39. The Morgan fingerprint density at radius 2 is 1.81 bits per heavy atom. The van der Waals surface area contributed by atoms with Gasteiger partial charge in [-0.25, -0.2) is 4.98 Å². The minimum Gasteiger partial charge on any atom is -0.355 e. The Morgan fingerprint density at radius 3 is 2.65 bits per heavy atom. The van der Waals surface area contributed by atoms with Crippen molar-refractivity contribution >= 4 is 11.4 Å². The molecule has 0 bridgehead atoms. The van der Waals surface area contributed by atoms with Crippen molar-refractivity contribution in [3.63, 3.8) is 0 Å². The number of hydrogen-bond acceptors (Lipinski definition) is 5. The van der Waals surface area contributed by atoms with Crippen LogP contribution in [0.2, 0.25) is 0 Å². The van der Waals surface area contributed by atoms with Gasteiger partial charge in [0.25, 0.3) is 0 Å². The highest BCUT2D eigenvalue weighted by Gasteiger charge is 2.27. The molecule has 0 N–H and O–H groups in total. The molecule has 0 radical (unpaired) electrons. The van der Waals surface area contributed by atoms with E-state index in [-0.39, 0.29) is 0 Å². The van der Waals surface area contributed by atoms with E-state index in [4.69, 9.17) is 4.98 Å². The van der Waals surface area contributed by atoms with Gasteiger partial charge in [0.05, 0.1) is 11.4 Å². The summed E-state index contributed by atoms with van der Waals surface area (Å²) in [6.45, 7) is 11.7. The summed E-state index contributed by atoms with van der Waals surface area (Å²) in [5, 5.41) is 0. The molecule has 5 heteroatoms. The average molecular weight is 418 g/mol. The molecule has 4 heterocycles. The molecule has 0 atom stereocenters. The maximum absolute atomic E-state index is 5.09. The summed E-state index contributed by atoms with van der Waals surface area (Å²) in [4.78, 5) is 17.5. The fourth-order valence-electron chi connectivity index (χ4n) is 5.45. The maximum Gasteiger partial charge on any atom is 0.129 e. The van der Waals surface area contributed by atoms with Crippen molar-refractivity contribution in [2.24, 2.45) is 0 Å². The highest BCUT2D eigenvalue weighted by Crippen LogP contribution is 2.31. The van der Waals surface area contributed by atoms with Crippen LogP contribution in [-0.2, 0) is 6.42 Å². The van der Waals surface area contributed by atoms with Crippen LogP contribution in [-0.4, -0.2) is 71.1 Å². The van der Waals surface area contributed by atoms with Gasteiger partial charge in [-0.1, -0.05) is 18.2 Å². The van der Waals surface area contributed by atoms with Crippen molar-refractivity contribution in [3.05, 3.63) is 59.6 Å². The number of allylic oxidation sites excluding steroid dienone is 1. The molecule has 0 amide bonds. The second-order valence-electron chi connectivity index (χ2n) is 9.44. The Labute approximate surface area is 186 Å². The van der Waals surface area contributed by atoms with E-state index in [9.17, 15) is 0 Å². The zero-order valence-corrected chi connectivity index (χ0v) is 19.0. The van der Waals surface area contributed by atoms with Crippen molar-refractivity contribution in [2.45, 2.75) is 51.6 Å². The Kier molecular flexibility index (Phi) is 6.06. The van der Waals surface area contributed by atoms with E-state index in [1.54, 1.807) is 0 Å². The summed E-state index contributed by atoms with van der Waals surface area (Å²) < 4.78 is 0. The van der Waals surface area contributed by atoms with Gasteiger partial charge >= 0.3 is 0 Å². The number of nitrogens with zero attached hydrogens (tertiary/aromatic N) is 5. The van der Waals surface area contributed by atoms with Gasteiger partial charge < -0.3 is 9.80 Å². The van der Waals surface area contributed by atoms with Crippen LogP contribution >= 0.6 is 0 Å². The summed E-state index contributed by atoms with van der Waals surface area (Å²) in [6, 6.07) is 12.1. The van der Waals surface area contributed by atoms with Crippen molar-refractivity contribution in [1.29, 1.82) is 0 Å². The molecule has 0 unspecified atom stereocenters. The number of likely N-dealkylation sites (tertiary alicyclic amines) is 1. The first-order valence-electron chi connectivity index (χ1n) is 12.0. The molecule has 2 aromatic heterocycles. The summed E-state index contributed by atoms with van der Waals surface area (Å²) in [7, 11) is 0. The fraction of sp³-hybridized carbons (Fsp3) is 0.538. The Morgan fingerprint density at radius 1 is 0.935 bits per heavy atom. The lowest BCUT2D eigenvalue weighted by Gasteiger charge is -2.39. The summed E-state index contributed by atoms with van der Waals surface area (Å²) in [5.74, 6) is 1.12. The molecule has 164 valence electrons. The standard InChI is InChI=1S/C26H35N5/c1-20(2)29-16-11-21(12-17-29)30-14-5-15-31(19-18-30)26-8-3-7-25(28-26)23-9-10-24-22(23)6-4-13-27-24/h3-4,6-9,13,20-21H,5,10-12,14-19H2,1-2H3. The van der Waals surface area contributed by atoms with E-state index in [1.807, 2.05) is 12.3 Å². The molecule has 5 nitrogen and oxygen atoms in total. The second kappa shape index (κ2) is 9.09. The van der Waals surface area contributed by atoms with Crippen LogP contribution in [0.1, 0.15) is 50.1 Å². The number of piperidine rings is 1. The average Bonchev–Trinajstić information content (AvgIpc) is 3.08. The van der Waals surface area contributed by atoms with Gasteiger partial charge in [-0.15, -0.1) is 0 Å². The predicted octanol–water partition coefficient (Wildman–Crippen LogP) is 3.85. The lowest BCUT2D eigenvalue weighted by Crippen LogP contribution is -2.47. The van der Waals surface area contributed by atoms with Crippen molar-refractivity contribution in [1.82, 2.24) is 19.8 Å². The lowest BCUT2D eigenvalue weighted by atomic mass is 10.0. The van der Waals surface area contributed by atoms with Crippen LogP contribution in [0.15, 0.2) is 42.6 Å². The molecule has 0 saturated carbocycles. The van der Waals surface area contributed by atoms with Gasteiger partial charge in [0.2, 0.25) is 0 Å². The molecule has 1 aliphatic carbocycles. The lowest BCUT2D eigenvalue weighted by molar-refractivity contribution is 0.0965. The van der Waals surface area contributed by atoms with Gasteiger partial charge in [0, 0.05) is 62.0 Å². The Bertz CT molecular complexity index is 929. The van der Waals surface area contributed by atoms with Gasteiger partial charge in [0.15, 0.2) is 0 Å². The van der Waals surface area contributed by atoms with E-state index in [0.29, 0.717) is 6.04 Å². The van der Waals surface area contributed by atoms with Gasteiger partial charge in [0.1, 0.15) is 5.82 Å². The zero-order chi connectivity index (χ0) is 21.2. The molecule has 2 aromatic rings. The molecular formula is C26H35N5. The molecule has 2 saturated heterocycles. The summed E-state index contributed by atoms with van der Waals surface area (Å²) in [5.41, 5.74) is 4.71.